The number of rotatable bonds is 24. The lowest BCUT2D eigenvalue weighted by atomic mass is 10.1. The first-order valence-electron chi connectivity index (χ1n) is 18.2. The van der Waals surface area contributed by atoms with Crippen molar-refractivity contribution in [3.05, 3.63) is 0 Å². The molecule has 0 unspecified atom stereocenters. The van der Waals surface area contributed by atoms with Crippen molar-refractivity contribution in [1.29, 1.82) is 0 Å². The van der Waals surface area contributed by atoms with E-state index in [-0.39, 0.29) is 37.3 Å². The molecule has 2 aliphatic heterocycles. The molecule has 16 N–H and O–H groups in total. The maximum absolute atomic E-state index is 13.2. The third-order valence-electron chi connectivity index (χ3n) is 8.57. The Bertz CT molecular complexity index is 1600. The third kappa shape index (κ3) is 17.5. The second-order valence-electron chi connectivity index (χ2n) is 13.2. The van der Waals surface area contributed by atoms with E-state index in [0.717, 1.165) is 6.42 Å². The predicted octanol–water partition coefficient (Wildman–Crippen LogP) is -7.86. The van der Waals surface area contributed by atoms with Gasteiger partial charge in [0, 0.05) is 13.1 Å². The quantitative estimate of drug-likeness (QED) is 0.0244. The molecule has 2 aliphatic rings. The molecular formula is C32H51N13O13. The average molecular weight is 826 g/mol. The van der Waals surface area contributed by atoms with Gasteiger partial charge in [-0.15, -0.1) is 0 Å². The van der Waals surface area contributed by atoms with Crippen LogP contribution in [-0.4, -0.2) is 162 Å². The largest absolute Gasteiger partial charge is 0.481 e. The number of nitrogens with one attached hydrogen (secondary N) is 8. The first-order chi connectivity index (χ1) is 27.4. The van der Waals surface area contributed by atoms with Crippen LogP contribution in [0.3, 0.4) is 0 Å². The molecule has 0 aromatic heterocycles. The smallest absolute Gasteiger partial charge is 0.322 e. The van der Waals surface area contributed by atoms with Gasteiger partial charge < -0.3 is 74.8 Å². The summed E-state index contributed by atoms with van der Waals surface area (Å²) >= 11 is 0. The van der Waals surface area contributed by atoms with E-state index in [1.807, 2.05) is 5.32 Å². The van der Waals surface area contributed by atoms with Crippen molar-refractivity contribution in [1.82, 2.24) is 47.4 Å². The lowest BCUT2D eigenvalue weighted by molar-refractivity contribution is -0.141. The molecule has 9 amide bonds. The van der Waals surface area contributed by atoms with Gasteiger partial charge in [0.1, 0.15) is 30.7 Å². The second-order valence-corrected chi connectivity index (χ2v) is 13.2. The number of likely N-dealkylation sites (tertiary alicyclic amines) is 1. The zero-order valence-corrected chi connectivity index (χ0v) is 31.5. The summed E-state index contributed by atoms with van der Waals surface area (Å²) in [4.78, 5) is 141. The average Bonchev–Trinajstić information content (AvgIpc) is 3.88. The molecule has 0 aliphatic carbocycles. The molecule has 2 saturated heterocycles. The highest BCUT2D eigenvalue weighted by Gasteiger charge is 2.38. The highest BCUT2D eigenvalue weighted by molar-refractivity contribution is 5.98. The molecule has 26 nitrogen and oxygen atoms in total. The van der Waals surface area contributed by atoms with Crippen LogP contribution in [-0.2, 0) is 52.7 Å². The van der Waals surface area contributed by atoms with Gasteiger partial charge in [0.25, 0.3) is 0 Å². The second kappa shape index (κ2) is 24.1. The van der Waals surface area contributed by atoms with Crippen LogP contribution in [0.1, 0.15) is 51.4 Å². The number of carboxylic acids is 2. The number of primary amides is 1. The Morgan fingerprint density at radius 1 is 0.672 bits per heavy atom. The van der Waals surface area contributed by atoms with Crippen LogP contribution in [0.25, 0.3) is 0 Å². The van der Waals surface area contributed by atoms with Crippen LogP contribution >= 0.6 is 0 Å². The number of carboxylic acid groups (broad SMARTS) is 2. The Morgan fingerprint density at radius 2 is 1.28 bits per heavy atom. The Hall–Kier alpha value is -6.60. The van der Waals surface area contributed by atoms with Gasteiger partial charge in [-0.25, -0.2) is 0 Å². The Kier molecular flexibility index (Phi) is 19.8. The van der Waals surface area contributed by atoms with E-state index in [0.29, 0.717) is 32.4 Å². The number of carbonyl (C=O) groups is 11. The first kappa shape index (κ1) is 47.6. The van der Waals surface area contributed by atoms with Crippen LogP contribution in [0.2, 0.25) is 0 Å². The summed E-state index contributed by atoms with van der Waals surface area (Å²) in [5, 5.41) is 36.4. The van der Waals surface area contributed by atoms with Gasteiger partial charge in [-0.2, -0.15) is 0 Å². The summed E-state index contributed by atoms with van der Waals surface area (Å²) in [5.41, 5.74) is 15.8. The van der Waals surface area contributed by atoms with Crippen LogP contribution in [0.15, 0.2) is 4.99 Å². The van der Waals surface area contributed by atoms with E-state index in [1.165, 1.54) is 4.90 Å². The van der Waals surface area contributed by atoms with Crippen molar-refractivity contribution in [3.63, 3.8) is 0 Å². The van der Waals surface area contributed by atoms with E-state index < -0.39 is 122 Å². The molecule has 0 aromatic rings. The van der Waals surface area contributed by atoms with E-state index in [4.69, 9.17) is 22.3 Å². The molecular weight excluding hydrogens is 774 g/mol. The molecule has 0 spiro atoms. The van der Waals surface area contributed by atoms with Crippen molar-refractivity contribution in [2.45, 2.75) is 81.6 Å². The van der Waals surface area contributed by atoms with Crippen LogP contribution in [0.5, 0.6) is 0 Å². The summed E-state index contributed by atoms with van der Waals surface area (Å²) in [6.07, 6.45) is 0.740. The molecule has 0 saturated carbocycles. The normalized spacial score (nSPS) is 17.3. The van der Waals surface area contributed by atoms with Gasteiger partial charge in [-0.1, -0.05) is 0 Å². The fraction of sp³-hybridized carbons (Fsp3) is 0.625. The number of hydrogen-bond donors (Lipinski definition) is 13. The lowest BCUT2D eigenvalue weighted by Crippen LogP contribution is -2.57. The molecule has 322 valence electrons. The highest BCUT2D eigenvalue weighted by Crippen LogP contribution is 2.20. The predicted molar refractivity (Wildman–Crippen MR) is 197 cm³/mol. The Balaban J connectivity index is 2.02. The topological polar surface area (TPSA) is 418 Å². The molecule has 0 bridgehead atoms. The maximum atomic E-state index is 13.2. The molecule has 58 heavy (non-hydrogen) atoms. The van der Waals surface area contributed by atoms with Crippen LogP contribution in [0, 0.1) is 0 Å². The molecule has 0 aromatic carbocycles. The fourth-order valence-corrected chi connectivity index (χ4v) is 5.83. The monoisotopic (exact) mass is 825 g/mol. The fourth-order valence-electron chi connectivity index (χ4n) is 5.83. The third-order valence-corrected chi connectivity index (χ3v) is 8.57. The van der Waals surface area contributed by atoms with Crippen molar-refractivity contribution in [2.75, 3.05) is 45.8 Å². The molecule has 0 radical (unpaired) electrons. The number of aliphatic imine (C=N–C) groups is 1. The van der Waals surface area contributed by atoms with E-state index in [2.05, 4.69) is 42.2 Å². The summed E-state index contributed by atoms with van der Waals surface area (Å²) in [6.45, 7) is -1.79. The van der Waals surface area contributed by atoms with Gasteiger partial charge in [0.2, 0.25) is 53.2 Å². The SMILES string of the molecule is NC(=O)C[C@H](NC(=O)[C@H](CC(=O)O)NC(=O)CNC(=O)[C@H](CCCN=C(N)N)NC(=O)CNC(=O)[C@@H]1CCCN1C(=O)[C@@H]1CCCN1)C(=O)NCC(=O)NCC(=O)O. The number of aliphatic carboxylic acids is 2. The molecule has 2 heterocycles. The van der Waals surface area contributed by atoms with E-state index >= 15 is 0 Å². The maximum Gasteiger partial charge on any atom is 0.322 e. The van der Waals surface area contributed by atoms with Gasteiger partial charge in [0.15, 0.2) is 5.96 Å². The number of carbonyl (C=O) groups excluding carboxylic acids is 9. The van der Waals surface area contributed by atoms with Crippen LogP contribution < -0.4 is 59.7 Å². The number of hydrogen-bond acceptors (Lipinski definition) is 13. The minimum absolute atomic E-state index is 0.0548. The van der Waals surface area contributed by atoms with Crippen molar-refractivity contribution >= 4 is 71.1 Å². The Morgan fingerprint density at radius 3 is 1.86 bits per heavy atom. The molecule has 2 fully saturated rings. The first-order valence-corrected chi connectivity index (χ1v) is 18.2. The molecule has 26 heteroatoms. The number of guanidine groups is 1. The van der Waals surface area contributed by atoms with Crippen LogP contribution in [0.4, 0.5) is 0 Å². The summed E-state index contributed by atoms with van der Waals surface area (Å²) < 4.78 is 0. The van der Waals surface area contributed by atoms with Crippen molar-refractivity contribution in [3.8, 4) is 0 Å². The summed E-state index contributed by atoms with van der Waals surface area (Å²) in [6, 6.07) is -6.08. The number of amides is 9. The minimum Gasteiger partial charge on any atom is -0.481 e. The van der Waals surface area contributed by atoms with Crippen molar-refractivity contribution in [2.24, 2.45) is 22.2 Å². The van der Waals surface area contributed by atoms with Gasteiger partial charge in [-0.05, 0) is 45.1 Å². The molecule has 2 rings (SSSR count). The van der Waals surface area contributed by atoms with Gasteiger partial charge in [0.05, 0.1) is 38.5 Å². The number of nitrogens with two attached hydrogens (primary N) is 3. The van der Waals surface area contributed by atoms with E-state index in [9.17, 15) is 57.8 Å². The van der Waals surface area contributed by atoms with Gasteiger partial charge >= 0.3 is 11.9 Å². The van der Waals surface area contributed by atoms with Crippen molar-refractivity contribution < 1.29 is 63.0 Å². The number of nitrogens with zero attached hydrogens (tertiary/aromatic N) is 2. The Labute approximate surface area is 330 Å². The summed E-state index contributed by atoms with van der Waals surface area (Å²) in [7, 11) is 0. The standard InChI is InChI=1S/C32H51N13O13/c33-21(46)10-18(28(55)39-12-22(47)38-15-26(52)53)44-29(56)19(11-25(50)51)43-24(49)13-40-27(54)16(4-1-8-37-32(34)35)42-23(48)14-41-30(57)20-6-3-9-45(20)31(58)17-5-2-7-36-17/h16-20,36H,1-15H2,(H2,33,46)(H,38,47)(H,39,55)(H,40,54)(H,41,57)(H,42,48)(H,43,49)(H,44,56)(H,50,51)(H,52,53)(H4,34,35,37)/t16-,17-,18-,19-,20-/m0/s1. The zero-order chi connectivity index (χ0) is 43.4. The highest BCUT2D eigenvalue weighted by atomic mass is 16.4. The zero-order valence-electron chi connectivity index (χ0n) is 31.5. The molecule has 5 atom stereocenters. The van der Waals surface area contributed by atoms with Gasteiger partial charge in [-0.3, -0.25) is 57.7 Å². The van der Waals surface area contributed by atoms with E-state index in [1.54, 1.807) is 0 Å². The summed E-state index contributed by atoms with van der Waals surface area (Å²) in [5.74, 6) is -11.1. The minimum atomic E-state index is -1.87. The lowest BCUT2D eigenvalue weighted by Gasteiger charge is -2.26.